The topological polar surface area (TPSA) is 40.2 Å². The Morgan fingerprint density at radius 2 is 1.64 bits per heavy atom. The maximum atomic E-state index is 6.10. The van der Waals surface area contributed by atoms with Crippen LogP contribution in [0, 0.1) is 6.92 Å². The van der Waals surface area contributed by atoms with Gasteiger partial charge in [0.1, 0.15) is 0 Å². The van der Waals surface area contributed by atoms with E-state index >= 15 is 0 Å². The number of hydrogen-bond donors (Lipinski definition) is 0. The number of rotatable bonds is 7. The summed E-state index contributed by atoms with van der Waals surface area (Å²) in [6.07, 6.45) is 3.59. The van der Waals surface area contributed by atoms with Gasteiger partial charge < -0.3 is 19.0 Å². The summed E-state index contributed by atoms with van der Waals surface area (Å²) < 4.78 is 17.0. The average Bonchev–Trinajstić information content (AvgIpc) is 2.53. The van der Waals surface area contributed by atoms with Crippen molar-refractivity contribution in [3.05, 3.63) is 11.6 Å². The van der Waals surface area contributed by atoms with E-state index in [0.29, 0.717) is 30.5 Å². The van der Waals surface area contributed by atoms with Gasteiger partial charge in [-0.25, -0.2) is 0 Å². The fourth-order valence-corrected chi connectivity index (χ4v) is 2.65. The van der Waals surface area contributed by atoms with Gasteiger partial charge in [-0.15, -0.1) is 5.06 Å². The van der Waals surface area contributed by atoms with Crippen LogP contribution in [0.2, 0.25) is 0 Å². The monoisotopic (exact) mass is 309 g/mol. The van der Waals surface area contributed by atoms with Crippen molar-refractivity contribution in [3.8, 4) is 23.0 Å². The van der Waals surface area contributed by atoms with Gasteiger partial charge in [0.15, 0.2) is 11.5 Å². The third-order valence-corrected chi connectivity index (χ3v) is 3.67. The standard InChI is InChI=1S/C17H27NO4/c1-5-20-14-12-13(3)15(17(19-4)16(14)21-6-2)22-18-10-8-7-9-11-18/h12H,5-11H2,1-4H3. The lowest BCUT2D eigenvalue weighted by atomic mass is 10.1. The van der Waals surface area contributed by atoms with Crippen molar-refractivity contribution in [1.82, 2.24) is 5.06 Å². The quantitative estimate of drug-likeness (QED) is 0.770. The number of methoxy groups -OCH3 is 1. The second kappa shape index (κ2) is 8.13. The van der Waals surface area contributed by atoms with Crippen LogP contribution >= 0.6 is 0 Å². The van der Waals surface area contributed by atoms with Crippen LogP contribution in [0.15, 0.2) is 6.07 Å². The van der Waals surface area contributed by atoms with E-state index in [9.17, 15) is 0 Å². The Morgan fingerprint density at radius 3 is 2.23 bits per heavy atom. The van der Waals surface area contributed by atoms with Crippen LogP contribution in [0.25, 0.3) is 0 Å². The molecule has 0 aliphatic carbocycles. The molecule has 0 amide bonds. The van der Waals surface area contributed by atoms with E-state index in [4.69, 9.17) is 19.0 Å². The lowest BCUT2D eigenvalue weighted by molar-refractivity contribution is -0.0743. The smallest absolute Gasteiger partial charge is 0.210 e. The van der Waals surface area contributed by atoms with Crippen LogP contribution in [-0.4, -0.2) is 38.5 Å². The molecule has 0 saturated carbocycles. The first-order valence-corrected chi connectivity index (χ1v) is 8.11. The summed E-state index contributed by atoms with van der Waals surface area (Å²) in [5.74, 6) is 2.64. The highest BCUT2D eigenvalue weighted by Gasteiger charge is 2.23. The molecule has 5 nitrogen and oxygen atoms in total. The molecule has 0 atom stereocenters. The van der Waals surface area contributed by atoms with Gasteiger partial charge in [0, 0.05) is 18.7 Å². The molecule has 0 aromatic heterocycles. The molecule has 0 spiro atoms. The Bertz CT molecular complexity index is 484. The summed E-state index contributed by atoms with van der Waals surface area (Å²) in [5, 5.41) is 2.00. The van der Waals surface area contributed by atoms with E-state index in [-0.39, 0.29) is 0 Å². The summed E-state index contributed by atoms with van der Waals surface area (Å²) >= 11 is 0. The van der Waals surface area contributed by atoms with Crippen molar-refractivity contribution in [2.24, 2.45) is 0 Å². The maximum Gasteiger partial charge on any atom is 0.210 e. The molecule has 22 heavy (non-hydrogen) atoms. The van der Waals surface area contributed by atoms with Gasteiger partial charge in [-0.05, 0) is 39.7 Å². The van der Waals surface area contributed by atoms with E-state index in [1.54, 1.807) is 7.11 Å². The maximum absolute atomic E-state index is 6.10. The molecule has 0 radical (unpaired) electrons. The zero-order chi connectivity index (χ0) is 15.9. The second-order valence-electron chi connectivity index (χ2n) is 5.33. The van der Waals surface area contributed by atoms with Crippen LogP contribution in [0.3, 0.4) is 0 Å². The first kappa shape index (κ1) is 16.7. The van der Waals surface area contributed by atoms with Crippen molar-refractivity contribution < 1.29 is 19.0 Å². The summed E-state index contributed by atoms with van der Waals surface area (Å²) in [5.41, 5.74) is 0.981. The van der Waals surface area contributed by atoms with E-state index in [1.807, 2.05) is 31.9 Å². The highest BCUT2D eigenvalue weighted by atomic mass is 16.7. The van der Waals surface area contributed by atoms with Gasteiger partial charge in [-0.2, -0.15) is 0 Å². The molecular weight excluding hydrogens is 282 g/mol. The number of piperidine rings is 1. The van der Waals surface area contributed by atoms with Crippen molar-refractivity contribution >= 4 is 0 Å². The number of hydrogen-bond acceptors (Lipinski definition) is 5. The Kier molecular flexibility index (Phi) is 6.19. The number of aryl methyl sites for hydroxylation is 1. The Balaban J connectivity index is 2.36. The van der Waals surface area contributed by atoms with Gasteiger partial charge in [0.2, 0.25) is 11.5 Å². The fraction of sp³-hybridized carbons (Fsp3) is 0.647. The van der Waals surface area contributed by atoms with Gasteiger partial charge >= 0.3 is 0 Å². The Labute approximate surface area is 133 Å². The normalized spacial score (nSPS) is 15.5. The minimum Gasteiger partial charge on any atom is -0.490 e. The summed E-state index contributed by atoms with van der Waals surface area (Å²) in [7, 11) is 1.64. The molecular formula is C17H27NO4. The van der Waals surface area contributed by atoms with Crippen LogP contribution in [0.5, 0.6) is 23.0 Å². The minimum atomic E-state index is 0.544. The molecule has 1 aromatic carbocycles. The SMILES string of the molecule is CCOc1cc(C)c(ON2CCCCC2)c(OC)c1OCC. The van der Waals surface area contributed by atoms with Crippen LogP contribution in [0.1, 0.15) is 38.7 Å². The van der Waals surface area contributed by atoms with Gasteiger partial charge in [0.05, 0.1) is 20.3 Å². The Morgan fingerprint density at radius 1 is 0.955 bits per heavy atom. The zero-order valence-electron chi connectivity index (χ0n) is 14.1. The number of ether oxygens (including phenoxy) is 3. The third-order valence-electron chi connectivity index (χ3n) is 3.67. The molecule has 0 bridgehead atoms. The van der Waals surface area contributed by atoms with E-state index in [0.717, 1.165) is 37.2 Å². The molecule has 0 N–H and O–H groups in total. The van der Waals surface area contributed by atoms with Gasteiger partial charge in [0.25, 0.3) is 0 Å². The molecule has 1 aromatic rings. The lowest BCUT2D eigenvalue weighted by Gasteiger charge is -2.28. The molecule has 0 unspecified atom stereocenters. The number of nitrogens with zero attached hydrogens (tertiary/aromatic N) is 1. The predicted molar refractivity (Wildman–Crippen MR) is 86.1 cm³/mol. The van der Waals surface area contributed by atoms with Crippen LogP contribution < -0.4 is 19.0 Å². The van der Waals surface area contributed by atoms with Crippen molar-refractivity contribution in [3.63, 3.8) is 0 Å². The second-order valence-corrected chi connectivity index (χ2v) is 5.33. The first-order valence-electron chi connectivity index (χ1n) is 8.11. The molecule has 1 heterocycles. The molecule has 2 rings (SSSR count). The molecule has 124 valence electrons. The Hall–Kier alpha value is -1.62. The minimum absolute atomic E-state index is 0.544. The molecule has 1 aliphatic heterocycles. The summed E-state index contributed by atoms with van der Waals surface area (Å²) in [4.78, 5) is 6.10. The van der Waals surface area contributed by atoms with Crippen LogP contribution in [-0.2, 0) is 0 Å². The predicted octanol–water partition coefficient (Wildman–Crippen LogP) is 3.58. The summed E-state index contributed by atoms with van der Waals surface area (Å²) in [6, 6.07) is 1.95. The van der Waals surface area contributed by atoms with Crippen molar-refractivity contribution in [2.45, 2.75) is 40.0 Å². The lowest BCUT2D eigenvalue weighted by Crippen LogP contribution is -2.33. The summed E-state index contributed by atoms with van der Waals surface area (Å²) in [6.45, 7) is 8.91. The number of hydroxylamine groups is 2. The zero-order valence-corrected chi connectivity index (χ0v) is 14.1. The molecule has 1 fully saturated rings. The van der Waals surface area contributed by atoms with Gasteiger partial charge in [-0.3, -0.25) is 0 Å². The molecule has 1 saturated heterocycles. The average molecular weight is 309 g/mol. The molecule has 1 aliphatic rings. The highest BCUT2D eigenvalue weighted by molar-refractivity contribution is 5.62. The molecule has 5 heteroatoms. The van der Waals surface area contributed by atoms with Crippen molar-refractivity contribution in [2.75, 3.05) is 33.4 Å². The van der Waals surface area contributed by atoms with E-state index < -0.39 is 0 Å². The van der Waals surface area contributed by atoms with Crippen LogP contribution in [0.4, 0.5) is 0 Å². The van der Waals surface area contributed by atoms with Crippen molar-refractivity contribution in [1.29, 1.82) is 0 Å². The first-order chi connectivity index (χ1) is 10.7. The fourth-order valence-electron chi connectivity index (χ4n) is 2.65. The van der Waals surface area contributed by atoms with Gasteiger partial charge in [-0.1, -0.05) is 6.42 Å². The highest BCUT2D eigenvalue weighted by Crippen LogP contribution is 2.47. The third kappa shape index (κ3) is 3.77. The van der Waals surface area contributed by atoms with E-state index in [2.05, 4.69) is 0 Å². The van der Waals surface area contributed by atoms with E-state index in [1.165, 1.54) is 6.42 Å². The number of benzene rings is 1. The largest absolute Gasteiger partial charge is 0.490 e.